The van der Waals surface area contributed by atoms with Crippen LogP contribution in [0.1, 0.15) is 42.9 Å². The van der Waals surface area contributed by atoms with Crippen LogP contribution in [0.15, 0.2) is 41.1 Å². The highest BCUT2D eigenvalue weighted by Crippen LogP contribution is 2.32. The Balaban J connectivity index is 1.65. The molecule has 1 unspecified atom stereocenters. The maximum absolute atomic E-state index is 12.7. The monoisotopic (exact) mass is 369 g/mol. The summed E-state index contributed by atoms with van der Waals surface area (Å²) in [6.07, 6.45) is 0.153. The molecule has 0 saturated carbocycles. The van der Waals surface area contributed by atoms with Crippen molar-refractivity contribution < 1.29 is 17.9 Å². The topological polar surface area (TPSA) is 12.5 Å². The number of ether oxygens (including phenoxy) is 1. The second-order valence-corrected chi connectivity index (χ2v) is 7.16. The van der Waals surface area contributed by atoms with Crippen molar-refractivity contribution in [1.29, 1.82) is 0 Å². The van der Waals surface area contributed by atoms with E-state index in [1.165, 1.54) is 31.4 Å². The van der Waals surface area contributed by atoms with Gasteiger partial charge in [-0.25, -0.2) is 0 Å². The molecule has 0 aliphatic carbocycles. The predicted octanol–water partition coefficient (Wildman–Crippen LogP) is 5.76. The zero-order chi connectivity index (χ0) is 17.7. The number of hydrogen-bond donors (Lipinski definition) is 0. The third kappa shape index (κ3) is 5.22. The highest BCUT2D eigenvalue weighted by molar-refractivity contribution is 7.07. The summed E-state index contributed by atoms with van der Waals surface area (Å²) in [6, 6.07) is 6.98. The Morgan fingerprint density at radius 3 is 2.36 bits per heavy atom. The molecule has 1 fully saturated rings. The van der Waals surface area contributed by atoms with Gasteiger partial charge < -0.3 is 9.64 Å². The van der Waals surface area contributed by atoms with Crippen molar-refractivity contribution in [2.45, 2.75) is 38.0 Å². The van der Waals surface area contributed by atoms with Gasteiger partial charge in [0.05, 0.1) is 5.56 Å². The molecule has 2 nitrogen and oxygen atoms in total. The summed E-state index contributed by atoms with van der Waals surface area (Å²) in [7, 11) is 0. The van der Waals surface area contributed by atoms with E-state index in [2.05, 4.69) is 4.90 Å². The van der Waals surface area contributed by atoms with E-state index >= 15 is 0 Å². The molecule has 0 bridgehead atoms. The number of piperidine rings is 1. The highest BCUT2D eigenvalue weighted by Gasteiger charge is 2.30. The standard InChI is InChI=1S/C19H22F3NOS/c20-19(21,22)16-4-6-17(7-5-16)24-18(15-9-13-25-14-15)8-12-23-10-2-1-3-11-23/h4-7,9,13-14,18H,1-3,8,10-12H2. The van der Waals surface area contributed by atoms with Gasteiger partial charge in [0, 0.05) is 18.5 Å². The van der Waals surface area contributed by atoms with E-state index < -0.39 is 11.7 Å². The smallest absolute Gasteiger partial charge is 0.416 e. The molecule has 0 amide bonds. The lowest BCUT2D eigenvalue weighted by Crippen LogP contribution is -2.31. The summed E-state index contributed by atoms with van der Waals surface area (Å²) in [4.78, 5) is 2.44. The maximum atomic E-state index is 12.7. The van der Waals surface area contributed by atoms with Gasteiger partial charge in [0.25, 0.3) is 0 Å². The number of halogens is 3. The molecule has 1 saturated heterocycles. The van der Waals surface area contributed by atoms with Crippen LogP contribution in [-0.2, 0) is 6.18 Å². The van der Waals surface area contributed by atoms with Crippen LogP contribution in [0.4, 0.5) is 13.2 Å². The Kier molecular flexibility index (Phi) is 6.02. The number of thiophene rings is 1. The quantitative estimate of drug-likeness (QED) is 0.641. The van der Waals surface area contributed by atoms with Crippen molar-refractivity contribution in [3.8, 4) is 5.75 Å². The molecule has 0 spiro atoms. The molecule has 1 aliphatic rings. The minimum Gasteiger partial charge on any atom is -0.486 e. The van der Waals surface area contributed by atoms with Crippen molar-refractivity contribution in [3.05, 3.63) is 52.2 Å². The van der Waals surface area contributed by atoms with E-state index in [9.17, 15) is 13.2 Å². The van der Waals surface area contributed by atoms with Gasteiger partial charge in [-0.15, -0.1) is 0 Å². The summed E-state index contributed by atoms with van der Waals surface area (Å²) < 4.78 is 44.1. The molecule has 2 aromatic rings. The Labute approximate surface area is 150 Å². The van der Waals surface area contributed by atoms with Crippen LogP contribution < -0.4 is 4.74 Å². The normalized spacial score (nSPS) is 17.4. The van der Waals surface area contributed by atoms with Crippen molar-refractivity contribution >= 4 is 11.3 Å². The van der Waals surface area contributed by atoms with Crippen molar-refractivity contribution in [3.63, 3.8) is 0 Å². The Morgan fingerprint density at radius 2 is 1.76 bits per heavy atom. The van der Waals surface area contributed by atoms with Crippen LogP contribution >= 0.6 is 11.3 Å². The predicted molar refractivity (Wildman–Crippen MR) is 94.0 cm³/mol. The van der Waals surface area contributed by atoms with Gasteiger partial charge in [0.1, 0.15) is 11.9 Å². The van der Waals surface area contributed by atoms with Gasteiger partial charge in [-0.3, -0.25) is 0 Å². The molecule has 1 aromatic heterocycles. The molecule has 25 heavy (non-hydrogen) atoms. The molecular weight excluding hydrogens is 347 g/mol. The van der Waals surface area contributed by atoms with Crippen LogP contribution in [0.3, 0.4) is 0 Å². The van der Waals surface area contributed by atoms with Crippen LogP contribution in [0.25, 0.3) is 0 Å². The van der Waals surface area contributed by atoms with Crippen LogP contribution in [0, 0.1) is 0 Å². The second-order valence-electron chi connectivity index (χ2n) is 6.38. The Hall–Kier alpha value is -1.53. The number of hydrogen-bond acceptors (Lipinski definition) is 3. The van der Waals surface area contributed by atoms with E-state index in [1.807, 2.05) is 16.8 Å². The molecule has 136 valence electrons. The first-order chi connectivity index (χ1) is 12.0. The summed E-state index contributed by atoms with van der Waals surface area (Å²) in [5.74, 6) is 0.475. The summed E-state index contributed by atoms with van der Waals surface area (Å²) in [5, 5.41) is 4.05. The lowest BCUT2D eigenvalue weighted by atomic mass is 10.1. The molecule has 0 radical (unpaired) electrons. The van der Waals surface area contributed by atoms with Gasteiger partial charge in [-0.05, 0) is 67.0 Å². The van der Waals surface area contributed by atoms with Gasteiger partial charge in [0.15, 0.2) is 0 Å². The van der Waals surface area contributed by atoms with E-state index in [0.29, 0.717) is 5.75 Å². The lowest BCUT2D eigenvalue weighted by Gasteiger charge is -2.28. The fourth-order valence-corrected chi connectivity index (χ4v) is 3.82. The molecular formula is C19H22F3NOS. The van der Waals surface area contributed by atoms with E-state index in [-0.39, 0.29) is 6.10 Å². The summed E-state index contributed by atoms with van der Waals surface area (Å²) in [6.45, 7) is 3.19. The number of nitrogens with zero attached hydrogens (tertiary/aromatic N) is 1. The molecule has 0 N–H and O–H groups in total. The molecule has 1 atom stereocenters. The molecule has 6 heteroatoms. The van der Waals surface area contributed by atoms with E-state index in [0.717, 1.165) is 43.8 Å². The maximum Gasteiger partial charge on any atom is 0.416 e. The second kappa shape index (κ2) is 8.23. The molecule has 1 aliphatic heterocycles. The first-order valence-electron chi connectivity index (χ1n) is 8.61. The van der Waals surface area contributed by atoms with Crippen molar-refractivity contribution in [2.75, 3.05) is 19.6 Å². The summed E-state index contributed by atoms with van der Waals surface area (Å²) >= 11 is 1.60. The van der Waals surface area contributed by atoms with E-state index in [4.69, 9.17) is 4.74 Å². The van der Waals surface area contributed by atoms with Gasteiger partial charge in [0.2, 0.25) is 0 Å². The molecule has 2 heterocycles. The summed E-state index contributed by atoms with van der Waals surface area (Å²) in [5.41, 5.74) is 0.433. The average molecular weight is 369 g/mol. The first-order valence-corrected chi connectivity index (χ1v) is 9.55. The minimum atomic E-state index is -4.32. The number of likely N-dealkylation sites (tertiary alicyclic amines) is 1. The zero-order valence-corrected chi connectivity index (χ0v) is 14.8. The zero-order valence-electron chi connectivity index (χ0n) is 14.0. The third-order valence-corrected chi connectivity index (χ3v) is 5.23. The lowest BCUT2D eigenvalue weighted by molar-refractivity contribution is -0.137. The third-order valence-electron chi connectivity index (χ3n) is 4.53. The molecule has 1 aromatic carbocycles. The Morgan fingerprint density at radius 1 is 1.04 bits per heavy atom. The van der Waals surface area contributed by atoms with Crippen LogP contribution in [-0.4, -0.2) is 24.5 Å². The fourth-order valence-electron chi connectivity index (χ4n) is 3.12. The van der Waals surface area contributed by atoms with Crippen LogP contribution in [0.5, 0.6) is 5.75 Å². The van der Waals surface area contributed by atoms with Gasteiger partial charge in [-0.1, -0.05) is 6.42 Å². The Bertz CT molecular complexity index is 634. The molecule has 3 rings (SSSR count). The largest absolute Gasteiger partial charge is 0.486 e. The van der Waals surface area contributed by atoms with Gasteiger partial charge >= 0.3 is 6.18 Å². The minimum absolute atomic E-state index is 0.134. The van der Waals surface area contributed by atoms with Gasteiger partial charge in [-0.2, -0.15) is 24.5 Å². The SMILES string of the molecule is FC(F)(F)c1ccc(OC(CCN2CCCCC2)c2ccsc2)cc1. The van der Waals surface area contributed by atoms with Crippen molar-refractivity contribution in [1.82, 2.24) is 4.90 Å². The van der Waals surface area contributed by atoms with Crippen LogP contribution in [0.2, 0.25) is 0 Å². The first kappa shape index (κ1) is 18.3. The fraction of sp³-hybridized carbons (Fsp3) is 0.474. The average Bonchev–Trinajstić information content (AvgIpc) is 3.13. The number of alkyl halides is 3. The number of benzene rings is 1. The number of rotatable bonds is 6. The highest BCUT2D eigenvalue weighted by atomic mass is 32.1. The van der Waals surface area contributed by atoms with Crippen molar-refractivity contribution in [2.24, 2.45) is 0 Å². The van der Waals surface area contributed by atoms with E-state index in [1.54, 1.807) is 11.3 Å².